The van der Waals surface area contributed by atoms with E-state index in [1.54, 1.807) is 0 Å². The number of nitrogens with one attached hydrogen (secondary N) is 1. The molecule has 0 aliphatic rings. The third-order valence-electron chi connectivity index (χ3n) is 2.49. The van der Waals surface area contributed by atoms with Crippen LogP contribution in [0.5, 0.6) is 0 Å². The summed E-state index contributed by atoms with van der Waals surface area (Å²) in [6.45, 7) is 0. The summed E-state index contributed by atoms with van der Waals surface area (Å²) in [5.74, 6) is 4.91. The number of rotatable bonds is 3. The first-order chi connectivity index (χ1) is 9.32. The van der Waals surface area contributed by atoms with Crippen molar-refractivity contribution in [1.82, 2.24) is 10.4 Å². The van der Waals surface area contributed by atoms with Gasteiger partial charge in [0.25, 0.3) is 0 Å². The maximum Gasteiger partial charge on any atom is 0.443 e. The van der Waals surface area contributed by atoms with Crippen molar-refractivity contribution in [1.29, 1.82) is 0 Å². The molecule has 0 spiro atoms. The zero-order valence-electron chi connectivity index (χ0n) is 9.71. The predicted molar refractivity (Wildman–Crippen MR) is 70.4 cm³/mol. The lowest BCUT2D eigenvalue weighted by Gasteiger charge is -2.14. The van der Waals surface area contributed by atoms with Gasteiger partial charge in [0.05, 0.1) is 10.5 Å². The van der Waals surface area contributed by atoms with Gasteiger partial charge in [-0.25, -0.2) is 14.8 Å². The average Bonchev–Trinajstić information content (AvgIpc) is 2.84. The quantitative estimate of drug-likeness (QED) is 0.493. The molecule has 1 unspecified atom stereocenters. The van der Waals surface area contributed by atoms with Gasteiger partial charge in [-0.2, -0.15) is 13.2 Å². The fourth-order valence-corrected chi connectivity index (χ4v) is 2.85. The molecule has 0 amide bonds. The van der Waals surface area contributed by atoms with Crippen LogP contribution in [0.25, 0.3) is 0 Å². The number of hydrogen-bond donors (Lipinski definition) is 2. The molecule has 0 bridgehead atoms. The number of nitrogens with zero attached hydrogens (tertiary/aromatic N) is 1. The molecule has 3 nitrogen and oxygen atoms in total. The van der Waals surface area contributed by atoms with Crippen molar-refractivity contribution in [2.24, 2.45) is 5.84 Å². The summed E-state index contributed by atoms with van der Waals surface area (Å²) in [6.07, 6.45) is -3.39. The number of alkyl halides is 3. The Morgan fingerprint density at radius 3 is 2.55 bits per heavy atom. The van der Waals surface area contributed by atoms with Crippen LogP contribution in [-0.2, 0) is 6.18 Å². The molecule has 0 fully saturated rings. The van der Waals surface area contributed by atoms with Crippen LogP contribution in [-0.4, -0.2) is 4.98 Å². The summed E-state index contributed by atoms with van der Waals surface area (Å²) >= 11 is 3.51. The fourth-order valence-electron chi connectivity index (χ4n) is 1.59. The molecule has 0 saturated heterocycles. The molecule has 20 heavy (non-hydrogen) atoms. The van der Waals surface area contributed by atoms with Crippen LogP contribution in [0.15, 0.2) is 28.9 Å². The van der Waals surface area contributed by atoms with Crippen LogP contribution in [0.4, 0.5) is 17.6 Å². The molecular formula is C11H8BrF4N3S. The maximum absolute atomic E-state index is 13.2. The van der Waals surface area contributed by atoms with Gasteiger partial charge in [0.15, 0.2) is 5.01 Å². The second-order valence-electron chi connectivity index (χ2n) is 3.84. The molecule has 1 aromatic heterocycles. The maximum atomic E-state index is 13.2. The zero-order valence-corrected chi connectivity index (χ0v) is 12.1. The van der Waals surface area contributed by atoms with E-state index in [1.807, 2.05) is 0 Å². The number of benzene rings is 1. The number of hydrogen-bond acceptors (Lipinski definition) is 4. The van der Waals surface area contributed by atoms with E-state index >= 15 is 0 Å². The van der Waals surface area contributed by atoms with Crippen LogP contribution in [0, 0.1) is 5.82 Å². The molecule has 0 radical (unpaired) electrons. The minimum atomic E-state index is -4.49. The van der Waals surface area contributed by atoms with Crippen LogP contribution in [0.1, 0.15) is 21.5 Å². The minimum Gasteiger partial charge on any atom is -0.271 e. The highest BCUT2D eigenvalue weighted by atomic mass is 79.9. The number of hydrazine groups is 1. The van der Waals surface area contributed by atoms with E-state index in [-0.39, 0.29) is 4.47 Å². The molecular weight excluding hydrogens is 362 g/mol. The SMILES string of the molecule is NNC(c1ccc(F)c(Br)c1)c1cnc(C(F)(F)F)s1. The number of aromatic nitrogens is 1. The third kappa shape index (κ3) is 3.17. The van der Waals surface area contributed by atoms with E-state index in [2.05, 4.69) is 26.3 Å². The van der Waals surface area contributed by atoms with Gasteiger partial charge < -0.3 is 0 Å². The van der Waals surface area contributed by atoms with Crippen molar-refractivity contribution in [3.05, 3.63) is 50.1 Å². The minimum absolute atomic E-state index is 0.204. The Labute approximate surface area is 123 Å². The van der Waals surface area contributed by atoms with E-state index in [4.69, 9.17) is 5.84 Å². The van der Waals surface area contributed by atoms with Crippen LogP contribution >= 0.6 is 27.3 Å². The lowest BCUT2D eigenvalue weighted by Crippen LogP contribution is -2.28. The van der Waals surface area contributed by atoms with Gasteiger partial charge in [0.1, 0.15) is 5.82 Å². The standard InChI is InChI=1S/C11H8BrF4N3S/c12-6-3-5(1-2-7(6)13)9(19-17)8-4-18-10(20-8)11(14,15)16/h1-4,9,19H,17H2. The van der Waals surface area contributed by atoms with Crippen LogP contribution in [0.2, 0.25) is 0 Å². The summed E-state index contributed by atoms with van der Waals surface area (Å²) < 4.78 is 51.0. The summed E-state index contributed by atoms with van der Waals surface area (Å²) in [5, 5.41) is -0.950. The topological polar surface area (TPSA) is 50.9 Å². The Balaban J connectivity index is 2.37. The summed E-state index contributed by atoms with van der Waals surface area (Å²) in [5.41, 5.74) is 2.93. The van der Waals surface area contributed by atoms with Crippen LogP contribution < -0.4 is 11.3 Å². The van der Waals surface area contributed by atoms with Crippen molar-refractivity contribution in [3.63, 3.8) is 0 Å². The smallest absolute Gasteiger partial charge is 0.271 e. The Morgan fingerprint density at radius 1 is 1.35 bits per heavy atom. The molecule has 0 aliphatic heterocycles. The highest BCUT2D eigenvalue weighted by Crippen LogP contribution is 2.36. The van der Waals surface area contributed by atoms with Gasteiger partial charge in [-0.1, -0.05) is 6.07 Å². The third-order valence-corrected chi connectivity index (χ3v) is 4.21. The Hall–Kier alpha value is -1.03. The predicted octanol–water partition coefficient (Wildman–Crippen LogP) is 3.62. The average molecular weight is 370 g/mol. The highest BCUT2D eigenvalue weighted by molar-refractivity contribution is 9.10. The van der Waals surface area contributed by atoms with E-state index < -0.39 is 23.0 Å². The van der Waals surface area contributed by atoms with Crippen molar-refractivity contribution < 1.29 is 17.6 Å². The number of nitrogens with two attached hydrogens (primary N) is 1. The molecule has 1 aromatic carbocycles. The monoisotopic (exact) mass is 369 g/mol. The first kappa shape index (κ1) is 15.4. The molecule has 9 heteroatoms. The Kier molecular flexibility index (Phi) is 4.43. The van der Waals surface area contributed by atoms with Crippen molar-refractivity contribution >= 4 is 27.3 Å². The van der Waals surface area contributed by atoms with E-state index in [1.165, 1.54) is 18.2 Å². The second-order valence-corrected chi connectivity index (χ2v) is 5.76. The van der Waals surface area contributed by atoms with Crippen molar-refractivity contribution in [2.45, 2.75) is 12.2 Å². The van der Waals surface area contributed by atoms with E-state index in [9.17, 15) is 17.6 Å². The van der Waals surface area contributed by atoms with Crippen molar-refractivity contribution in [3.8, 4) is 0 Å². The molecule has 1 heterocycles. The molecule has 1 atom stereocenters. The number of halogens is 5. The first-order valence-corrected chi connectivity index (χ1v) is 6.88. The van der Waals surface area contributed by atoms with Gasteiger partial charge in [-0.3, -0.25) is 5.84 Å². The van der Waals surface area contributed by atoms with E-state index in [0.29, 0.717) is 21.8 Å². The molecule has 2 aromatic rings. The Morgan fingerprint density at radius 2 is 2.05 bits per heavy atom. The lowest BCUT2D eigenvalue weighted by molar-refractivity contribution is -0.137. The summed E-state index contributed by atoms with van der Waals surface area (Å²) in [4.78, 5) is 3.62. The molecule has 0 saturated carbocycles. The largest absolute Gasteiger partial charge is 0.443 e. The highest BCUT2D eigenvalue weighted by Gasteiger charge is 2.35. The Bertz CT molecular complexity index is 614. The van der Waals surface area contributed by atoms with E-state index in [0.717, 1.165) is 6.20 Å². The molecule has 3 N–H and O–H groups in total. The first-order valence-electron chi connectivity index (χ1n) is 5.27. The fraction of sp³-hybridized carbons (Fsp3) is 0.182. The van der Waals surface area contributed by atoms with Gasteiger partial charge in [0.2, 0.25) is 0 Å². The van der Waals surface area contributed by atoms with Gasteiger partial charge in [-0.15, -0.1) is 11.3 Å². The second kappa shape index (κ2) is 5.76. The summed E-state index contributed by atoms with van der Waals surface area (Å²) in [7, 11) is 0. The van der Waals surface area contributed by atoms with Gasteiger partial charge in [-0.05, 0) is 33.6 Å². The zero-order chi connectivity index (χ0) is 14.9. The van der Waals surface area contributed by atoms with Crippen LogP contribution in [0.3, 0.4) is 0 Å². The lowest BCUT2D eigenvalue weighted by atomic mass is 10.1. The summed E-state index contributed by atoms with van der Waals surface area (Å²) in [6, 6.07) is 3.40. The normalized spacial score (nSPS) is 13.5. The molecule has 0 aliphatic carbocycles. The van der Waals surface area contributed by atoms with Crippen molar-refractivity contribution in [2.75, 3.05) is 0 Å². The molecule has 108 valence electrons. The molecule has 2 rings (SSSR count). The van der Waals surface area contributed by atoms with Gasteiger partial charge >= 0.3 is 6.18 Å². The van der Waals surface area contributed by atoms with Gasteiger partial charge in [0, 0.05) is 11.1 Å². The number of thiazole rings is 1.